The maximum Gasteiger partial charge on any atom is 0.264 e. The van der Waals surface area contributed by atoms with Crippen LogP contribution in [0.4, 0.5) is 5.69 Å². The minimum atomic E-state index is -4.09. The molecule has 0 spiro atoms. The molecule has 3 aromatic carbocycles. The molecule has 1 N–H and O–H groups in total. The lowest BCUT2D eigenvalue weighted by atomic mass is 10.1. The fourth-order valence-electron chi connectivity index (χ4n) is 3.97. The van der Waals surface area contributed by atoms with Crippen molar-refractivity contribution in [3.63, 3.8) is 0 Å². The minimum absolute atomic E-state index is 0.0500. The summed E-state index contributed by atoms with van der Waals surface area (Å²) in [5.41, 5.74) is 1.00. The van der Waals surface area contributed by atoms with Crippen LogP contribution in [-0.2, 0) is 26.2 Å². The zero-order chi connectivity index (χ0) is 27.9. The zero-order valence-electron chi connectivity index (χ0n) is 21.5. The average Bonchev–Trinajstić information content (AvgIpc) is 2.88. The number of amides is 2. The number of rotatable bonds is 11. The topological polar surface area (TPSA) is 86.8 Å². The van der Waals surface area contributed by atoms with Gasteiger partial charge >= 0.3 is 0 Å². The highest BCUT2D eigenvalue weighted by Crippen LogP contribution is 2.26. The molecule has 0 radical (unpaired) electrons. The molecule has 3 aromatic rings. The van der Waals surface area contributed by atoms with Gasteiger partial charge in [-0.2, -0.15) is 0 Å². The number of hydrogen-bond donors (Lipinski definition) is 1. The van der Waals surface area contributed by atoms with Gasteiger partial charge in [-0.3, -0.25) is 13.9 Å². The van der Waals surface area contributed by atoms with Gasteiger partial charge in [0.05, 0.1) is 10.6 Å². The largest absolute Gasteiger partial charge is 0.352 e. The van der Waals surface area contributed by atoms with Crippen molar-refractivity contribution in [2.45, 2.75) is 50.7 Å². The van der Waals surface area contributed by atoms with Gasteiger partial charge in [0, 0.05) is 21.2 Å². The third-order valence-corrected chi connectivity index (χ3v) is 8.72. The summed E-state index contributed by atoms with van der Waals surface area (Å²) in [6, 6.07) is 21.0. The maximum absolute atomic E-state index is 14.0. The lowest BCUT2D eigenvalue weighted by Crippen LogP contribution is -2.53. The molecule has 0 saturated carbocycles. The molecule has 202 valence electrons. The van der Waals surface area contributed by atoms with Gasteiger partial charge < -0.3 is 10.2 Å². The molecule has 0 heterocycles. The molecule has 38 heavy (non-hydrogen) atoms. The first-order chi connectivity index (χ1) is 18.0. The number of hydrogen-bond acceptors (Lipinski definition) is 4. The van der Waals surface area contributed by atoms with E-state index < -0.39 is 28.5 Å². The van der Waals surface area contributed by atoms with Gasteiger partial charge in [0.1, 0.15) is 12.6 Å². The number of benzene rings is 3. The van der Waals surface area contributed by atoms with Crippen molar-refractivity contribution in [3.8, 4) is 0 Å². The molecular weight excluding hydrogens is 637 g/mol. The van der Waals surface area contributed by atoms with Crippen LogP contribution in [-0.4, -0.2) is 43.8 Å². The van der Waals surface area contributed by atoms with Crippen molar-refractivity contribution < 1.29 is 18.0 Å². The van der Waals surface area contributed by atoms with Crippen LogP contribution in [0.2, 0.25) is 5.02 Å². The van der Waals surface area contributed by atoms with Gasteiger partial charge in [0.2, 0.25) is 11.8 Å². The summed E-state index contributed by atoms with van der Waals surface area (Å²) >= 11 is 8.54. The van der Waals surface area contributed by atoms with Gasteiger partial charge in [-0.1, -0.05) is 54.9 Å². The van der Waals surface area contributed by atoms with E-state index >= 15 is 0 Å². The van der Waals surface area contributed by atoms with Crippen LogP contribution in [0.3, 0.4) is 0 Å². The third-order valence-electron chi connectivity index (χ3n) is 5.84. The van der Waals surface area contributed by atoms with Crippen molar-refractivity contribution >= 4 is 61.7 Å². The molecule has 7 nitrogen and oxygen atoms in total. The first-order valence-corrected chi connectivity index (χ1v) is 15.1. The van der Waals surface area contributed by atoms with E-state index in [0.717, 1.165) is 7.88 Å². The minimum Gasteiger partial charge on any atom is -0.352 e. The Balaban J connectivity index is 2.06. The van der Waals surface area contributed by atoms with Crippen molar-refractivity contribution in [3.05, 3.63) is 93.0 Å². The Morgan fingerprint density at radius 3 is 2.13 bits per heavy atom. The van der Waals surface area contributed by atoms with Crippen LogP contribution in [0.5, 0.6) is 0 Å². The fourth-order valence-corrected chi connectivity index (χ4v) is 5.96. The molecular formula is C28H31ClIN3O4S. The van der Waals surface area contributed by atoms with Crippen LogP contribution in [0.25, 0.3) is 0 Å². The Morgan fingerprint density at radius 2 is 1.55 bits per heavy atom. The molecule has 10 heteroatoms. The molecule has 2 amide bonds. The highest BCUT2D eigenvalue weighted by Gasteiger charge is 2.34. The van der Waals surface area contributed by atoms with E-state index in [1.807, 2.05) is 20.8 Å². The Labute approximate surface area is 243 Å². The van der Waals surface area contributed by atoms with Crippen LogP contribution >= 0.6 is 34.2 Å². The molecule has 0 aliphatic carbocycles. The predicted molar refractivity (Wildman–Crippen MR) is 159 cm³/mol. The Kier molecular flexibility index (Phi) is 10.6. The summed E-state index contributed by atoms with van der Waals surface area (Å²) < 4.78 is 29.5. The second-order valence-electron chi connectivity index (χ2n) is 9.00. The number of nitrogens with one attached hydrogen (secondary N) is 1. The van der Waals surface area contributed by atoms with E-state index in [1.165, 1.54) is 17.0 Å². The molecule has 3 rings (SSSR count). The van der Waals surface area contributed by atoms with Crippen LogP contribution in [0.1, 0.15) is 32.8 Å². The molecule has 0 saturated heterocycles. The number of sulfonamides is 1. The standard InChI is InChI=1S/C28H31ClIN3O4S/c1-4-26(28(35)31-20(2)3)32(18-21-10-8-9-13-25(21)29)27(34)19-33(23-16-14-22(30)15-17-23)38(36,37)24-11-6-5-7-12-24/h5-17,20,26H,4,18-19H2,1-3H3,(H,31,35)/t26-/m0/s1. The smallest absolute Gasteiger partial charge is 0.264 e. The Hall–Kier alpha value is -2.63. The van der Waals surface area contributed by atoms with E-state index in [2.05, 4.69) is 27.9 Å². The van der Waals surface area contributed by atoms with Crippen molar-refractivity contribution in [2.24, 2.45) is 0 Å². The third kappa shape index (κ3) is 7.48. The number of nitrogens with zero attached hydrogens (tertiary/aromatic N) is 2. The monoisotopic (exact) mass is 667 g/mol. The van der Waals surface area contributed by atoms with E-state index in [4.69, 9.17) is 11.6 Å². The zero-order valence-corrected chi connectivity index (χ0v) is 25.2. The lowest BCUT2D eigenvalue weighted by Gasteiger charge is -2.33. The number of carbonyl (C=O) groups is 2. The van der Waals surface area contributed by atoms with Crippen molar-refractivity contribution in [2.75, 3.05) is 10.8 Å². The maximum atomic E-state index is 14.0. The summed E-state index contributed by atoms with van der Waals surface area (Å²) in [5, 5.41) is 3.33. The van der Waals surface area contributed by atoms with Gasteiger partial charge in [-0.05, 0) is 90.9 Å². The van der Waals surface area contributed by atoms with E-state index in [0.29, 0.717) is 22.7 Å². The molecule has 0 unspecified atom stereocenters. The van der Waals surface area contributed by atoms with E-state index in [9.17, 15) is 18.0 Å². The second-order valence-corrected chi connectivity index (χ2v) is 12.5. The van der Waals surface area contributed by atoms with Crippen LogP contribution < -0.4 is 9.62 Å². The predicted octanol–water partition coefficient (Wildman–Crippen LogP) is 5.47. The quantitative estimate of drug-likeness (QED) is 0.275. The lowest BCUT2D eigenvalue weighted by molar-refractivity contribution is -0.140. The number of carbonyl (C=O) groups excluding carboxylic acids is 2. The molecule has 0 bridgehead atoms. The number of anilines is 1. The summed E-state index contributed by atoms with van der Waals surface area (Å²) in [7, 11) is -4.09. The van der Waals surface area contributed by atoms with Gasteiger partial charge in [0.15, 0.2) is 0 Å². The van der Waals surface area contributed by atoms with Gasteiger partial charge in [-0.15, -0.1) is 0 Å². The normalized spacial score (nSPS) is 12.2. The van der Waals surface area contributed by atoms with Crippen molar-refractivity contribution in [1.29, 1.82) is 0 Å². The highest BCUT2D eigenvalue weighted by molar-refractivity contribution is 14.1. The SMILES string of the molecule is CC[C@@H](C(=O)NC(C)C)N(Cc1ccccc1Cl)C(=O)CN(c1ccc(I)cc1)S(=O)(=O)c1ccccc1. The summed E-state index contributed by atoms with van der Waals surface area (Å²) in [6.45, 7) is 5.06. The highest BCUT2D eigenvalue weighted by atomic mass is 127. The van der Waals surface area contributed by atoms with Gasteiger partial charge in [-0.25, -0.2) is 8.42 Å². The summed E-state index contributed by atoms with van der Waals surface area (Å²) in [4.78, 5) is 28.6. The van der Waals surface area contributed by atoms with Crippen LogP contribution in [0.15, 0.2) is 83.8 Å². The average molecular weight is 668 g/mol. The molecule has 0 aliphatic heterocycles. The van der Waals surface area contributed by atoms with Crippen LogP contribution in [0, 0.1) is 3.57 Å². The fraction of sp³-hybridized carbons (Fsp3) is 0.286. The summed E-state index contributed by atoms with van der Waals surface area (Å²) in [6.07, 6.45) is 0.337. The Bertz CT molecular complexity index is 1350. The molecule has 0 fully saturated rings. The first-order valence-electron chi connectivity index (χ1n) is 12.2. The van der Waals surface area contributed by atoms with E-state index in [-0.39, 0.29) is 23.4 Å². The van der Waals surface area contributed by atoms with Crippen molar-refractivity contribution in [1.82, 2.24) is 10.2 Å². The summed E-state index contributed by atoms with van der Waals surface area (Å²) in [5.74, 6) is -0.830. The molecule has 0 aliphatic rings. The van der Waals surface area contributed by atoms with E-state index in [1.54, 1.807) is 66.7 Å². The Morgan fingerprint density at radius 1 is 0.947 bits per heavy atom. The molecule has 0 aromatic heterocycles. The van der Waals surface area contributed by atoms with Gasteiger partial charge in [0.25, 0.3) is 10.0 Å². The molecule has 1 atom stereocenters. The first kappa shape index (κ1) is 29.9. The number of halogens is 2. The second kappa shape index (κ2) is 13.4.